The van der Waals surface area contributed by atoms with Crippen molar-refractivity contribution in [3.8, 4) is 0 Å². The maximum absolute atomic E-state index is 11.4. The highest BCUT2D eigenvalue weighted by atomic mass is 32.1. The van der Waals surface area contributed by atoms with Crippen molar-refractivity contribution in [1.29, 1.82) is 0 Å². The van der Waals surface area contributed by atoms with Gasteiger partial charge in [0.2, 0.25) is 0 Å². The minimum absolute atomic E-state index is 0.259. The Morgan fingerprint density at radius 1 is 1.50 bits per heavy atom. The van der Waals surface area contributed by atoms with Gasteiger partial charge < -0.3 is 5.73 Å². The molecule has 4 N–H and O–H groups in total. The smallest absolute Gasteiger partial charge is 0.375 e. The minimum Gasteiger partial charge on any atom is -0.375 e. The van der Waals surface area contributed by atoms with Crippen molar-refractivity contribution in [2.24, 2.45) is 11.6 Å². The summed E-state index contributed by atoms with van der Waals surface area (Å²) >= 11 is 4.16. The fraction of sp³-hybridized carbons (Fsp3) is 0.667. The number of hydrogen-bond acceptors (Lipinski definition) is 2. The van der Waals surface area contributed by atoms with E-state index in [4.69, 9.17) is 11.6 Å². The summed E-state index contributed by atoms with van der Waals surface area (Å²) in [7, 11) is 0. The Labute approximate surface area is 60.7 Å². The number of hydrogen-bond donors (Lipinski definition) is 2. The summed E-state index contributed by atoms with van der Waals surface area (Å²) in [6, 6.07) is 0. The maximum atomic E-state index is 11.4. The van der Waals surface area contributed by atoms with Crippen LogP contribution in [0.1, 0.15) is 0 Å². The fourth-order valence-corrected chi connectivity index (χ4v) is 0.336. The lowest BCUT2D eigenvalue weighted by molar-refractivity contribution is -0.138. The largest absolute Gasteiger partial charge is 0.407 e. The predicted molar refractivity (Wildman–Crippen MR) is 33.7 cm³/mol. The van der Waals surface area contributed by atoms with E-state index < -0.39 is 17.8 Å². The molecule has 7 heteroatoms. The van der Waals surface area contributed by atoms with Gasteiger partial charge >= 0.3 is 6.18 Å². The number of rotatable bonds is 1. The first-order chi connectivity index (χ1) is 4.33. The van der Waals surface area contributed by atoms with Crippen LogP contribution in [0, 0.1) is 0 Å². The molecule has 0 rings (SSSR count). The highest BCUT2D eigenvalue weighted by Crippen LogP contribution is 2.14. The van der Waals surface area contributed by atoms with Gasteiger partial charge in [0.25, 0.3) is 0 Å². The molecule has 10 heavy (non-hydrogen) atoms. The zero-order chi connectivity index (χ0) is 8.36. The van der Waals surface area contributed by atoms with Crippen LogP contribution in [0.3, 0.4) is 0 Å². The molecule has 0 aliphatic heterocycles. The zero-order valence-corrected chi connectivity index (χ0v) is 5.67. The van der Waals surface area contributed by atoms with E-state index in [0.717, 1.165) is 0 Å². The molecule has 60 valence electrons. The van der Waals surface area contributed by atoms with Crippen LogP contribution in [-0.4, -0.2) is 22.8 Å². The molecule has 3 nitrogen and oxygen atoms in total. The Morgan fingerprint density at radius 2 is 1.90 bits per heavy atom. The second-order valence-corrected chi connectivity index (χ2v) is 2.00. The van der Waals surface area contributed by atoms with Crippen LogP contribution >= 0.6 is 12.2 Å². The summed E-state index contributed by atoms with van der Waals surface area (Å²) in [5.74, 6) is 4.75. The summed E-state index contributed by atoms with van der Waals surface area (Å²) in [5.41, 5.74) is 4.78. The van der Waals surface area contributed by atoms with E-state index >= 15 is 0 Å². The van der Waals surface area contributed by atoms with Crippen LogP contribution in [0.4, 0.5) is 13.2 Å². The van der Waals surface area contributed by atoms with Crippen LogP contribution in [0.5, 0.6) is 0 Å². The molecule has 0 fully saturated rings. The minimum atomic E-state index is -4.36. The van der Waals surface area contributed by atoms with Gasteiger partial charge in [-0.3, -0.25) is 5.01 Å². The summed E-state index contributed by atoms with van der Waals surface area (Å²) in [4.78, 5) is 0. The van der Waals surface area contributed by atoms with E-state index in [-0.39, 0.29) is 5.01 Å². The normalized spacial score (nSPS) is 11.2. The van der Waals surface area contributed by atoms with E-state index in [0.29, 0.717) is 0 Å². The topological polar surface area (TPSA) is 55.3 Å². The second-order valence-electron chi connectivity index (χ2n) is 1.58. The summed E-state index contributed by atoms with van der Waals surface area (Å²) in [6.07, 6.45) is -4.36. The molecule has 0 aromatic rings. The molecule has 0 saturated heterocycles. The lowest BCUT2D eigenvalue weighted by Gasteiger charge is -2.17. The third-order valence-electron chi connectivity index (χ3n) is 0.633. The first kappa shape index (κ1) is 9.44. The van der Waals surface area contributed by atoms with Crippen molar-refractivity contribution in [3.63, 3.8) is 0 Å². The van der Waals surface area contributed by atoms with E-state index in [1.165, 1.54) is 0 Å². The number of thiocarbonyl (C=S) groups is 1. The van der Waals surface area contributed by atoms with Crippen molar-refractivity contribution < 1.29 is 13.2 Å². The van der Waals surface area contributed by atoms with Gasteiger partial charge in [-0.15, -0.1) is 0 Å². The molecular weight excluding hydrogens is 167 g/mol. The molecule has 0 unspecified atom stereocenters. The Bertz CT molecular complexity index is 133. The Morgan fingerprint density at radius 3 is 2.00 bits per heavy atom. The quantitative estimate of drug-likeness (QED) is 0.332. The molecular formula is C3H6F3N3S. The first-order valence-electron chi connectivity index (χ1n) is 2.21. The number of nitrogens with zero attached hydrogens (tertiary/aromatic N) is 1. The van der Waals surface area contributed by atoms with Gasteiger partial charge in [-0.25, -0.2) is 5.84 Å². The fourth-order valence-electron chi connectivity index (χ4n) is 0.271. The molecule has 0 amide bonds. The third kappa shape index (κ3) is 4.33. The molecule has 0 saturated carbocycles. The van der Waals surface area contributed by atoms with Gasteiger partial charge in [-0.05, 0) is 12.2 Å². The molecule has 0 aliphatic rings. The standard InChI is InChI=1S/C3H6F3N3S/c4-3(5,6)1-9(8)2(7)10/h1,8H2,(H2,7,10). The summed E-state index contributed by atoms with van der Waals surface area (Å²) in [5, 5.41) is -0.215. The van der Waals surface area contributed by atoms with Crippen LogP contribution in [0.2, 0.25) is 0 Å². The van der Waals surface area contributed by atoms with E-state index in [9.17, 15) is 13.2 Å². The highest BCUT2D eigenvalue weighted by molar-refractivity contribution is 7.80. The molecule has 0 aliphatic carbocycles. The third-order valence-corrected chi connectivity index (χ3v) is 0.867. The molecule has 0 aromatic heterocycles. The van der Waals surface area contributed by atoms with Crippen LogP contribution in [0.25, 0.3) is 0 Å². The van der Waals surface area contributed by atoms with E-state index in [1.54, 1.807) is 0 Å². The average molecular weight is 173 g/mol. The van der Waals surface area contributed by atoms with E-state index in [2.05, 4.69) is 12.2 Å². The maximum Gasteiger partial charge on any atom is 0.407 e. The molecule has 0 spiro atoms. The second kappa shape index (κ2) is 3.02. The van der Waals surface area contributed by atoms with Crippen molar-refractivity contribution in [2.45, 2.75) is 6.18 Å². The van der Waals surface area contributed by atoms with Crippen molar-refractivity contribution in [1.82, 2.24) is 5.01 Å². The van der Waals surface area contributed by atoms with Gasteiger partial charge in [0, 0.05) is 0 Å². The molecule has 0 atom stereocenters. The Hall–Kier alpha value is -0.560. The Kier molecular flexibility index (Phi) is 2.85. The SMILES string of the molecule is NC(=S)N(N)CC(F)(F)F. The zero-order valence-electron chi connectivity index (χ0n) is 4.85. The van der Waals surface area contributed by atoms with Crippen molar-refractivity contribution in [3.05, 3.63) is 0 Å². The summed E-state index contributed by atoms with van der Waals surface area (Å²) in [6.45, 7) is -1.32. The van der Waals surface area contributed by atoms with Crippen molar-refractivity contribution in [2.75, 3.05) is 6.54 Å². The average Bonchev–Trinajstić information content (AvgIpc) is 1.60. The molecule has 0 bridgehead atoms. The van der Waals surface area contributed by atoms with Gasteiger partial charge in [-0.1, -0.05) is 0 Å². The number of nitrogens with two attached hydrogens (primary N) is 2. The van der Waals surface area contributed by atoms with E-state index in [1.807, 2.05) is 0 Å². The van der Waals surface area contributed by atoms with Crippen LogP contribution in [-0.2, 0) is 0 Å². The highest BCUT2D eigenvalue weighted by Gasteiger charge is 2.30. The summed E-state index contributed by atoms with van der Waals surface area (Å²) < 4.78 is 34.3. The number of alkyl halides is 3. The lowest BCUT2D eigenvalue weighted by atomic mass is 10.6. The Balaban J connectivity index is 3.80. The van der Waals surface area contributed by atoms with Gasteiger partial charge in [0.05, 0.1) is 0 Å². The van der Waals surface area contributed by atoms with Gasteiger partial charge in [0.15, 0.2) is 5.11 Å². The predicted octanol–water partition coefficient (Wildman–Crippen LogP) is -0.0320. The molecule has 0 radical (unpaired) electrons. The molecule has 0 aromatic carbocycles. The van der Waals surface area contributed by atoms with Crippen molar-refractivity contribution >= 4 is 17.3 Å². The molecule has 0 heterocycles. The lowest BCUT2D eigenvalue weighted by Crippen LogP contribution is -2.46. The van der Waals surface area contributed by atoms with Crippen LogP contribution < -0.4 is 11.6 Å². The monoisotopic (exact) mass is 173 g/mol. The van der Waals surface area contributed by atoms with Crippen LogP contribution in [0.15, 0.2) is 0 Å². The first-order valence-corrected chi connectivity index (χ1v) is 2.62. The van der Waals surface area contributed by atoms with Gasteiger partial charge in [0.1, 0.15) is 6.54 Å². The van der Waals surface area contributed by atoms with Gasteiger partial charge in [-0.2, -0.15) is 13.2 Å². The number of halogens is 3. The number of hydrazine groups is 1.